The summed E-state index contributed by atoms with van der Waals surface area (Å²) in [6.07, 6.45) is -0.628. The molecule has 29 heavy (non-hydrogen) atoms. The van der Waals surface area contributed by atoms with E-state index >= 15 is 0 Å². The topological polar surface area (TPSA) is 72.6 Å². The van der Waals surface area contributed by atoms with Gasteiger partial charge in [-0.2, -0.15) is 0 Å². The van der Waals surface area contributed by atoms with Gasteiger partial charge in [-0.05, 0) is 36.1 Å². The first-order valence-electron chi connectivity index (χ1n) is 9.85. The maximum atomic E-state index is 10.8. The van der Waals surface area contributed by atoms with Crippen LogP contribution in [-0.2, 0) is 12.0 Å². The lowest BCUT2D eigenvalue weighted by Crippen LogP contribution is -2.46. The van der Waals surface area contributed by atoms with Gasteiger partial charge in [0.1, 0.15) is 31.5 Å². The van der Waals surface area contributed by atoms with Crippen LogP contribution in [0.4, 0.5) is 5.69 Å². The number of hydrogen-bond donors (Lipinski definition) is 1. The Kier molecular flexibility index (Phi) is 7.03. The molecule has 1 N–H and O–H groups in total. The molecule has 2 rings (SSSR count). The largest absolute Gasteiger partial charge is 0.490 e. The van der Waals surface area contributed by atoms with E-state index < -0.39 is 11.0 Å². The molecule has 0 spiro atoms. The zero-order valence-corrected chi connectivity index (χ0v) is 18.3. The summed E-state index contributed by atoms with van der Waals surface area (Å²) in [6, 6.07) is 12.7. The predicted octanol–water partition coefficient (Wildman–Crippen LogP) is 4.22. The van der Waals surface area contributed by atoms with Gasteiger partial charge in [0.25, 0.3) is 5.69 Å². The number of benzene rings is 2. The van der Waals surface area contributed by atoms with Crippen LogP contribution >= 0.6 is 0 Å². The number of ether oxygens (including phenoxy) is 1. The molecule has 0 saturated carbocycles. The highest BCUT2D eigenvalue weighted by atomic mass is 16.6. The maximum absolute atomic E-state index is 10.8. The van der Waals surface area contributed by atoms with Gasteiger partial charge in [0.2, 0.25) is 0 Å². The molecular formula is C23H33N2O4+. The van der Waals surface area contributed by atoms with Gasteiger partial charge in [-0.3, -0.25) is 10.1 Å². The molecule has 0 heterocycles. The quantitative estimate of drug-likeness (QED) is 0.408. The van der Waals surface area contributed by atoms with Crippen molar-refractivity contribution < 1.29 is 19.2 Å². The van der Waals surface area contributed by atoms with Gasteiger partial charge in [-0.25, -0.2) is 0 Å². The van der Waals surface area contributed by atoms with Crippen LogP contribution in [0.5, 0.6) is 5.75 Å². The molecule has 0 aliphatic rings. The normalized spacial score (nSPS) is 13.2. The molecule has 0 fully saturated rings. The van der Waals surface area contributed by atoms with Gasteiger partial charge in [0, 0.05) is 17.7 Å². The van der Waals surface area contributed by atoms with Crippen molar-refractivity contribution in [2.75, 3.05) is 27.2 Å². The van der Waals surface area contributed by atoms with E-state index in [1.54, 1.807) is 12.1 Å². The van der Waals surface area contributed by atoms with E-state index in [1.165, 1.54) is 17.7 Å². The van der Waals surface area contributed by atoms with E-state index in [1.807, 2.05) is 26.2 Å². The lowest BCUT2D eigenvalue weighted by Gasteiger charge is -2.32. The first-order valence-corrected chi connectivity index (χ1v) is 9.85. The zero-order valence-electron chi connectivity index (χ0n) is 18.3. The number of non-ortho nitro benzene ring substituents is 1. The molecular weight excluding hydrogens is 368 g/mol. The van der Waals surface area contributed by atoms with Crippen LogP contribution in [0.1, 0.15) is 37.5 Å². The first kappa shape index (κ1) is 22.8. The minimum Gasteiger partial charge on any atom is -0.490 e. The molecule has 158 valence electrons. The molecule has 2 aromatic carbocycles. The van der Waals surface area contributed by atoms with Crippen LogP contribution in [0.2, 0.25) is 0 Å². The average Bonchev–Trinajstić information content (AvgIpc) is 2.59. The van der Waals surface area contributed by atoms with Crippen molar-refractivity contribution in [2.45, 2.75) is 45.8 Å². The van der Waals surface area contributed by atoms with Crippen LogP contribution in [0.3, 0.4) is 0 Å². The molecule has 1 atom stereocenters. The summed E-state index contributed by atoms with van der Waals surface area (Å²) in [4.78, 5) is 10.4. The van der Waals surface area contributed by atoms with E-state index in [9.17, 15) is 15.2 Å². The summed E-state index contributed by atoms with van der Waals surface area (Å²) in [7, 11) is 4.05. The van der Waals surface area contributed by atoms with Gasteiger partial charge in [-0.15, -0.1) is 0 Å². The van der Waals surface area contributed by atoms with Gasteiger partial charge in [0.05, 0.1) is 19.0 Å². The molecule has 1 unspecified atom stereocenters. The van der Waals surface area contributed by atoms with Crippen LogP contribution in [0, 0.1) is 17.0 Å². The SMILES string of the molecule is Cc1ccc(OCC(O)C[N+](C)(C)Cc2ccc([N+](=O)[O-])cc2)c(C(C)(C)C)c1. The smallest absolute Gasteiger partial charge is 0.269 e. The van der Waals surface area contributed by atoms with E-state index in [-0.39, 0.29) is 17.7 Å². The molecule has 0 aliphatic carbocycles. The Bertz CT molecular complexity index is 839. The monoisotopic (exact) mass is 401 g/mol. The third-order valence-electron chi connectivity index (χ3n) is 4.84. The fourth-order valence-electron chi connectivity index (χ4n) is 3.45. The zero-order chi connectivity index (χ0) is 21.8. The number of nitrogens with zero attached hydrogens (tertiary/aromatic N) is 2. The fraction of sp³-hybridized carbons (Fsp3) is 0.478. The number of aliphatic hydroxyl groups is 1. The minimum atomic E-state index is -0.628. The van der Waals surface area contributed by atoms with Crippen molar-refractivity contribution >= 4 is 5.69 Å². The molecule has 0 bridgehead atoms. The maximum Gasteiger partial charge on any atom is 0.269 e. The second-order valence-electron chi connectivity index (χ2n) is 9.41. The first-order chi connectivity index (χ1) is 13.4. The fourth-order valence-corrected chi connectivity index (χ4v) is 3.45. The van der Waals surface area contributed by atoms with Gasteiger partial charge in [-0.1, -0.05) is 38.5 Å². The Morgan fingerprint density at radius 1 is 1.14 bits per heavy atom. The van der Waals surface area contributed by atoms with Gasteiger partial charge in [0.15, 0.2) is 0 Å². The van der Waals surface area contributed by atoms with Crippen molar-refractivity contribution in [3.05, 3.63) is 69.3 Å². The van der Waals surface area contributed by atoms with Crippen molar-refractivity contribution in [3.63, 3.8) is 0 Å². The average molecular weight is 402 g/mol. The molecule has 0 amide bonds. The lowest BCUT2D eigenvalue weighted by atomic mass is 9.85. The summed E-state index contributed by atoms with van der Waals surface area (Å²) >= 11 is 0. The van der Waals surface area contributed by atoms with Crippen LogP contribution in [0.25, 0.3) is 0 Å². The lowest BCUT2D eigenvalue weighted by molar-refractivity contribution is -0.906. The molecule has 0 aromatic heterocycles. The Hall–Kier alpha value is -2.44. The summed E-state index contributed by atoms with van der Waals surface area (Å²) in [6.45, 7) is 9.89. The molecule has 2 aromatic rings. The Balaban J connectivity index is 1.98. The molecule has 6 nitrogen and oxygen atoms in total. The highest BCUT2D eigenvalue weighted by molar-refractivity contribution is 5.41. The van der Waals surface area contributed by atoms with Crippen LogP contribution in [-0.4, -0.2) is 47.9 Å². The van der Waals surface area contributed by atoms with Crippen LogP contribution < -0.4 is 4.74 Å². The van der Waals surface area contributed by atoms with Crippen molar-refractivity contribution in [1.29, 1.82) is 0 Å². The van der Waals surface area contributed by atoms with Crippen molar-refractivity contribution in [1.82, 2.24) is 0 Å². The summed E-state index contributed by atoms with van der Waals surface area (Å²) in [5.74, 6) is 0.808. The number of hydrogen-bond acceptors (Lipinski definition) is 4. The van der Waals surface area contributed by atoms with E-state index in [0.717, 1.165) is 16.9 Å². The Morgan fingerprint density at radius 3 is 2.31 bits per heavy atom. The number of nitro groups is 1. The van der Waals surface area contributed by atoms with E-state index in [4.69, 9.17) is 4.74 Å². The number of aliphatic hydroxyl groups excluding tert-OH is 1. The molecule has 0 radical (unpaired) electrons. The predicted molar refractivity (Wildman–Crippen MR) is 115 cm³/mol. The Labute approximate surface area is 173 Å². The van der Waals surface area contributed by atoms with Gasteiger partial charge >= 0.3 is 0 Å². The third-order valence-corrected chi connectivity index (χ3v) is 4.84. The highest BCUT2D eigenvalue weighted by Gasteiger charge is 2.24. The molecule has 6 heteroatoms. The van der Waals surface area contributed by atoms with E-state index in [2.05, 4.69) is 33.8 Å². The van der Waals surface area contributed by atoms with Crippen molar-refractivity contribution in [3.8, 4) is 5.75 Å². The summed E-state index contributed by atoms with van der Waals surface area (Å²) in [5, 5.41) is 21.4. The summed E-state index contributed by atoms with van der Waals surface area (Å²) < 4.78 is 6.53. The number of nitro benzene ring substituents is 1. The number of quaternary nitrogens is 1. The second kappa shape index (κ2) is 8.93. The van der Waals surface area contributed by atoms with E-state index in [0.29, 0.717) is 17.6 Å². The number of likely N-dealkylation sites (N-methyl/N-ethyl adjacent to an activating group) is 1. The minimum absolute atomic E-state index is 0.0441. The summed E-state index contributed by atoms with van der Waals surface area (Å²) in [5.41, 5.74) is 3.34. The standard InChI is InChI=1S/C23H33N2O4/c1-17-7-12-22(21(13-17)23(2,3)4)29-16-20(26)15-25(5,6)14-18-8-10-19(11-9-18)24(27)28/h7-13,20,26H,14-16H2,1-6H3/q+1. The third kappa shape index (κ3) is 6.84. The molecule has 0 saturated heterocycles. The van der Waals surface area contributed by atoms with Crippen molar-refractivity contribution in [2.24, 2.45) is 0 Å². The van der Waals surface area contributed by atoms with Gasteiger partial charge < -0.3 is 14.3 Å². The molecule has 0 aliphatic heterocycles. The Morgan fingerprint density at radius 2 is 1.76 bits per heavy atom. The van der Waals surface area contributed by atoms with Crippen LogP contribution in [0.15, 0.2) is 42.5 Å². The number of aryl methyl sites for hydroxylation is 1. The number of rotatable bonds is 8. The highest BCUT2D eigenvalue weighted by Crippen LogP contribution is 2.32. The second-order valence-corrected chi connectivity index (χ2v) is 9.41.